The molecular weight excluding hydrogens is 252 g/mol. The average molecular weight is 266 g/mol. The van der Waals surface area contributed by atoms with Gasteiger partial charge in [-0.2, -0.15) is 0 Å². The van der Waals surface area contributed by atoms with Gasteiger partial charge in [0.2, 0.25) is 0 Å². The number of hydrogen-bond donors (Lipinski definition) is 1. The quantitative estimate of drug-likeness (QED) is 0.652. The molecule has 2 nitrogen and oxygen atoms in total. The summed E-state index contributed by atoms with van der Waals surface area (Å²) >= 11 is 1.94. The molecule has 3 heteroatoms. The number of fused-ring (bicyclic) bond motifs is 2. The number of pyridine rings is 1. The third-order valence-electron chi connectivity index (χ3n) is 3.66. The van der Waals surface area contributed by atoms with Crippen molar-refractivity contribution in [2.24, 2.45) is 0 Å². The predicted molar refractivity (Wildman–Crippen MR) is 80.6 cm³/mol. The highest BCUT2D eigenvalue weighted by Crippen LogP contribution is 2.36. The van der Waals surface area contributed by atoms with E-state index in [0.717, 1.165) is 12.1 Å². The summed E-state index contributed by atoms with van der Waals surface area (Å²) in [4.78, 5) is 10.5. The van der Waals surface area contributed by atoms with Gasteiger partial charge in [-0.25, -0.2) is 4.98 Å². The van der Waals surface area contributed by atoms with E-state index >= 15 is 0 Å². The summed E-state index contributed by atoms with van der Waals surface area (Å²) in [6, 6.07) is 6.59. The summed E-state index contributed by atoms with van der Waals surface area (Å²) < 4.78 is 0. The van der Waals surface area contributed by atoms with Crippen molar-refractivity contribution in [3.05, 3.63) is 53.2 Å². The number of allylic oxidation sites excluding steroid dienone is 2. The van der Waals surface area contributed by atoms with Crippen LogP contribution in [0.5, 0.6) is 0 Å². The molecule has 0 spiro atoms. The van der Waals surface area contributed by atoms with Gasteiger partial charge in [-0.15, -0.1) is 11.3 Å². The van der Waals surface area contributed by atoms with Crippen LogP contribution < -0.4 is 0 Å². The van der Waals surface area contributed by atoms with Crippen LogP contribution in [-0.2, 0) is 12.8 Å². The number of thiophene rings is 1. The molecule has 3 heterocycles. The van der Waals surface area contributed by atoms with E-state index in [1.54, 1.807) is 4.88 Å². The summed E-state index contributed by atoms with van der Waals surface area (Å²) in [5, 5.41) is 1.22. The Morgan fingerprint density at radius 3 is 3.21 bits per heavy atom. The Morgan fingerprint density at radius 2 is 2.21 bits per heavy atom. The largest absolute Gasteiger partial charge is 0.346 e. The number of aromatic amines is 1. The van der Waals surface area contributed by atoms with E-state index in [0.29, 0.717) is 0 Å². The van der Waals surface area contributed by atoms with Gasteiger partial charge in [0.25, 0.3) is 0 Å². The molecule has 3 aromatic heterocycles. The lowest BCUT2D eigenvalue weighted by Crippen LogP contribution is -1.81. The predicted octanol–water partition coefficient (Wildman–Crippen LogP) is 4.34. The summed E-state index contributed by atoms with van der Waals surface area (Å²) in [5.41, 5.74) is 3.77. The highest BCUT2D eigenvalue weighted by Gasteiger charge is 2.13. The lowest BCUT2D eigenvalue weighted by Gasteiger charge is -1.99. The molecule has 0 saturated heterocycles. The fourth-order valence-electron chi connectivity index (χ4n) is 2.70. The summed E-state index contributed by atoms with van der Waals surface area (Å²) in [6.07, 6.45) is 11.9. The maximum absolute atomic E-state index is 4.36. The van der Waals surface area contributed by atoms with E-state index in [1.807, 2.05) is 23.7 Å². The first kappa shape index (κ1) is 11.0. The molecule has 0 amide bonds. The second-order valence-corrected chi connectivity index (χ2v) is 6.01. The van der Waals surface area contributed by atoms with Gasteiger partial charge in [-0.1, -0.05) is 12.2 Å². The van der Waals surface area contributed by atoms with Crippen LogP contribution in [0, 0.1) is 0 Å². The minimum atomic E-state index is 0.973. The molecule has 3 aromatic rings. The molecule has 1 aliphatic carbocycles. The first-order valence-corrected chi connectivity index (χ1v) is 7.42. The lowest BCUT2D eigenvalue weighted by atomic mass is 10.1. The second-order valence-electron chi connectivity index (χ2n) is 4.87. The molecule has 0 aromatic carbocycles. The maximum Gasteiger partial charge on any atom is 0.137 e. The molecule has 0 radical (unpaired) electrons. The van der Waals surface area contributed by atoms with Crippen molar-refractivity contribution in [2.45, 2.75) is 19.3 Å². The van der Waals surface area contributed by atoms with Crippen molar-refractivity contribution in [3.63, 3.8) is 0 Å². The molecule has 94 valence electrons. The average Bonchev–Trinajstić information content (AvgIpc) is 3.00. The van der Waals surface area contributed by atoms with Crippen LogP contribution in [0.2, 0.25) is 0 Å². The van der Waals surface area contributed by atoms with E-state index in [-0.39, 0.29) is 0 Å². The van der Waals surface area contributed by atoms with Gasteiger partial charge in [0.05, 0.1) is 0 Å². The van der Waals surface area contributed by atoms with Crippen LogP contribution >= 0.6 is 11.3 Å². The number of aryl methyl sites for hydroxylation is 1. The number of H-pyrrole nitrogens is 1. The van der Waals surface area contributed by atoms with Gasteiger partial charge in [-0.3, -0.25) is 0 Å². The number of aromatic nitrogens is 2. The SMILES string of the molecule is C1=CCc2cc(-c3ccnc4[nH]ccc34)sc2CC1. The molecule has 19 heavy (non-hydrogen) atoms. The first-order chi connectivity index (χ1) is 9.42. The van der Waals surface area contributed by atoms with Crippen LogP contribution in [-0.4, -0.2) is 9.97 Å². The van der Waals surface area contributed by atoms with Crippen LogP contribution in [0.3, 0.4) is 0 Å². The van der Waals surface area contributed by atoms with Gasteiger partial charge in [0.15, 0.2) is 0 Å². The van der Waals surface area contributed by atoms with Gasteiger partial charge in [-0.05, 0) is 43.0 Å². The van der Waals surface area contributed by atoms with Crippen molar-refractivity contribution in [1.82, 2.24) is 9.97 Å². The van der Waals surface area contributed by atoms with E-state index in [1.165, 1.54) is 34.2 Å². The van der Waals surface area contributed by atoms with Crippen LogP contribution in [0.25, 0.3) is 21.5 Å². The van der Waals surface area contributed by atoms with Crippen molar-refractivity contribution in [3.8, 4) is 10.4 Å². The lowest BCUT2D eigenvalue weighted by molar-refractivity contribution is 1.03. The fourth-order valence-corrected chi connectivity index (χ4v) is 3.95. The first-order valence-electron chi connectivity index (χ1n) is 6.61. The fraction of sp³-hybridized carbons (Fsp3) is 0.188. The van der Waals surface area contributed by atoms with E-state index < -0.39 is 0 Å². The number of nitrogens with one attached hydrogen (secondary N) is 1. The van der Waals surface area contributed by atoms with Gasteiger partial charge in [0.1, 0.15) is 5.65 Å². The van der Waals surface area contributed by atoms with Crippen molar-refractivity contribution < 1.29 is 0 Å². The summed E-state index contributed by atoms with van der Waals surface area (Å²) in [6.45, 7) is 0. The standard InChI is InChI=1S/C16H14N2S/c1-2-4-11-10-15(19-14(11)5-3-1)12-6-8-17-16-13(12)7-9-18-16/h1-2,6-10H,3-5H2,(H,17,18). The molecule has 0 fully saturated rings. The molecule has 0 atom stereocenters. The normalized spacial score (nSPS) is 14.5. The highest BCUT2D eigenvalue weighted by molar-refractivity contribution is 7.15. The number of nitrogens with zero attached hydrogens (tertiary/aromatic N) is 1. The summed E-state index contributed by atoms with van der Waals surface area (Å²) in [7, 11) is 0. The molecule has 0 saturated carbocycles. The van der Waals surface area contributed by atoms with Crippen molar-refractivity contribution in [2.75, 3.05) is 0 Å². The van der Waals surface area contributed by atoms with Gasteiger partial charge in [0, 0.05) is 33.1 Å². The third kappa shape index (κ3) is 1.81. The smallest absolute Gasteiger partial charge is 0.137 e. The topological polar surface area (TPSA) is 28.7 Å². The molecule has 4 rings (SSSR count). The molecule has 0 aliphatic heterocycles. The third-order valence-corrected chi connectivity index (χ3v) is 4.94. The molecule has 0 unspecified atom stereocenters. The molecule has 1 N–H and O–H groups in total. The van der Waals surface area contributed by atoms with E-state index in [4.69, 9.17) is 0 Å². The summed E-state index contributed by atoms with van der Waals surface area (Å²) in [5.74, 6) is 0. The van der Waals surface area contributed by atoms with Crippen molar-refractivity contribution in [1.29, 1.82) is 0 Å². The number of rotatable bonds is 1. The number of hydrogen-bond acceptors (Lipinski definition) is 2. The molecule has 0 bridgehead atoms. The zero-order valence-corrected chi connectivity index (χ0v) is 11.3. The van der Waals surface area contributed by atoms with Crippen molar-refractivity contribution >= 4 is 22.4 Å². The monoisotopic (exact) mass is 266 g/mol. The van der Waals surface area contributed by atoms with E-state index in [2.05, 4.69) is 40.3 Å². The Bertz CT molecular complexity index is 764. The molecule has 1 aliphatic rings. The Morgan fingerprint density at radius 1 is 1.21 bits per heavy atom. The van der Waals surface area contributed by atoms with Gasteiger partial charge < -0.3 is 4.98 Å². The minimum absolute atomic E-state index is 0.973. The Balaban J connectivity index is 1.88. The van der Waals surface area contributed by atoms with Crippen LogP contribution in [0.1, 0.15) is 16.9 Å². The Labute approximate surface area is 115 Å². The highest BCUT2D eigenvalue weighted by atomic mass is 32.1. The Kier molecular flexibility index (Phi) is 2.52. The van der Waals surface area contributed by atoms with Gasteiger partial charge >= 0.3 is 0 Å². The second kappa shape index (κ2) is 4.35. The van der Waals surface area contributed by atoms with E-state index in [9.17, 15) is 0 Å². The zero-order chi connectivity index (χ0) is 12.7. The van der Waals surface area contributed by atoms with Crippen LogP contribution in [0.4, 0.5) is 0 Å². The Hall–Kier alpha value is -1.87. The molecular formula is C16H14N2S. The minimum Gasteiger partial charge on any atom is -0.346 e. The van der Waals surface area contributed by atoms with Crippen LogP contribution in [0.15, 0.2) is 42.7 Å². The maximum atomic E-state index is 4.36. The zero-order valence-electron chi connectivity index (χ0n) is 10.5.